The Balaban J connectivity index is 2.81. The first kappa shape index (κ1) is 13.4. The fraction of sp³-hybridized carbons (Fsp3) is 0.700. The molecule has 0 aliphatic heterocycles. The number of nitrogens with one attached hydrogen (secondary N) is 1. The van der Waals surface area contributed by atoms with E-state index in [4.69, 9.17) is 11.6 Å². The average Bonchev–Trinajstić information content (AvgIpc) is 2.61. The van der Waals surface area contributed by atoms with Gasteiger partial charge in [0.15, 0.2) is 0 Å². The van der Waals surface area contributed by atoms with Crippen molar-refractivity contribution < 1.29 is 4.79 Å². The van der Waals surface area contributed by atoms with E-state index in [-0.39, 0.29) is 16.7 Å². The van der Waals surface area contributed by atoms with Crippen molar-refractivity contribution in [2.75, 3.05) is 6.54 Å². The van der Waals surface area contributed by atoms with Crippen molar-refractivity contribution in [3.05, 3.63) is 10.6 Å². The van der Waals surface area contributed by atoms with Gasteiger partial charge >= 0.3 is 0 Å². The molecule has 1 heterocycles. The molecule has 16 heavy (non-hydrogen) atoms. The quantitative estimate of drug-likeness (QED) is 0.849. The van der Waals surface area contributed by atoms with E-state index in [2.05, 4.69) is 14.9 Å². The summed E-state index contributed by atoms with van der Waals surface area (Å²) >= 11 is 6.89. The number of amides is 1. The maximum atomic E-state index is 11.8. The Morgan fingerprint density at radius 3 is 2.69 bits per heavy atom. The van der Waals surface area contributed by atoms with Crippen LogP contribution in [0.5, 0.6) is 0 Å². The molecule has 1 aromatic rings. The smallest absolute Gasteiger partial charge is 0.265 e. The number of hydrogen-bond donors (Lipinski definition) is 1. The molecule has 0 bridgehead atoms. The molecule has 0 saturated carbocycles. The van der Waals surface area contributed by atoms with Crippen LogP contribution in [0.15, 0.2) is 0 Å². The van der Waals surface area contributed by atoms with Crippen LogP contribution in [0.4, 0.5) is 0 Å². The Hall–Kier alpha value is -0.680. The number of alkyl halides is 1. The summed E-state index contributed by atoms with van der Waals surface area (Å²) in [5.41, 5.74) is 0.559. The molecule has 0 aromatic carbocycles. The zero-order valence-electron chi connectivity index (χ0n) is 9.87. The lowest BCUT2D eigenvalue weighted by Gasteiger charge is -2.16. The molecule has 0 spiro atoms. The van der Waals surface area contributed by atoms with Crippen molar-refractivity contribution in [1.82, 2.24) is 14.9 Å². The van der Waals surface area contributed by atoms with Crippen LogP contribution in [-0.2, 0) is 5.41 Å². The van der Waals surface area contributed by atoms with Gasteiger partial charge in [-0.1, -0.05) is 25.3 Å². The minimum Gasteiger partial charge on any atom is -0.350 e. The maximum absolute atomic E-state index is 11.8. The molecule has 0 fully saturated rings. The minimum atomic E-state index is -0.174. The van der Waals surface area contributed by atoms with Crippen molar-refractivity contribution in [1.29, 1.82) is 0 Å². The number of carbonyl (C=O) groups is 1. The maximum Gasteiger partial charge on any atom is 0.265 e. The highest BCUT2D eigenvalue weighted by Crippen LogP contribution is 2.25. The number of halogens is 1. The number of nitrogens with zero attached hydrogens (tertiary/aromatic N) is 2. The van der Waals surface area contributed by atoms with E-state index < -0.39 is 0 Å². The minimum absolute atomic E-state index is 0.0806. The SMILES string of the molecule is CC(Cl)CNC(=O)c1snnc1C(C)(C)C. The molecular weight excluding hydrogens is 246 g/mol. The monoisotopic (exact) mass is 261 g/mol. The third kappa shape index (κ3) is 3.42. The van der Waals surface area contributed by atoms with Crippen LogP contribution >= 0.6 is 23.1 Å². The Morgan fingerprint density at radius 2 is 2.19 bits per heavy atom. The molecule has 4 nitrogen and oxygen atoms in total. The predicted octanol–water partition coefficient (Wildman–Crippen LogP) is 2.19. The lowest BCUT2D eigenvalue weighted by molar-refractivity contribution is 0.0955. The first-order valence-corrected chi connectivity index (χ1v) is 6.28. The number of aromatic nitrogens is 2. The van der Waals surface area contributed by atoms with Gasteiger partial charge in [-0.15, -0.1) is 16.7 Å². The molecule has 1 amide bonds. The van der Waals surface area contributed by atoms with Crippen LogP contribution in [0.2, 0.25) is 0 Å². The Bertz CT molecular complexity index is 370. The highest BCUT2D eigenvalue weighted by atomic mass is 35.5. The van der Waals surface area contributed by atoms with E-state index in [0.717, 1.165) is 17.2 Å². The van der Waals surface area contributed by atoms with Gasteiger partial charge in [-0.25, -0.2) is 0 Å². The zero-order valence-corrected chi connectivity index (χ0v) is 11.4. The summed E-state index contributed by atoms with van der Waals surface area (Å²) < 4.78 is 3.83. The van der Waals surface area contributed by atoms with Crippen molar-refractivity contribution in [2.45, 2.75) is 38.5 Å². The standard InChI is InChI=1S/C10H16ClN3OS/c1-6(11)5-12-9(15)7-8(10(2,3)4)13-14-16-7/h6H,5H2,1-4H3,(H,12,15). The van der Waals surface area contributed by atoms with E-state index in [1.807, 2.05) is 27.7 Å². The molecule has 90 valence electrons. The third-order valence-corrected chi connectivity index (χ3v) is 2.83. The van der Waals surface area contributed by atoms with E-state index in [1.54, 1.807) is 0 Å². The highest BCUT2D eigenvalue weighted by molar-refractivity contribution is 7.08. The number of rotatable bonds is 3. The van der Waals surface area contributed by atoms with Crippen molar-refractivity contribution >= 4 is 29.0 Å². The largest absolute Gasteiger partial charge is 0.350 e. The first-order valence-electron chi connectivity index (χ1n) is 5.07. The van der Waals surface area contributed by atoms with Crippen LogP contribution in [0, 0.1) is 0 Å². The van der Waals surface area contributed by atoms with Gasteiger partial charge in [-0.05, 0) is 18.5 Å². The molecule has 1 N–H and O–H groups in total. The van der Waals surface area contributed by atoms with Gasteiger partial charge in [-0.3, -0.25) is 4.79 Å². The molecule has 1 aromatic heterocycles. The van der Waals surface area contributed by atoms with E-state index >= 15 is 0 Å². The lowest BCUT2D eigenvalue weighted by Crippen LogP contribution is -2.30. The molecule has 1 rings (SSSR count). The van der Waals surface area contributed by atoms with Crippen molar-refractivity contribution in [3.8, 4) is 0 Å². The van der Waals surface area contributed by atoms with Crippen LogP contribution in [-0.4, -0.2) is 27.4 Å². The summed E-state index contributed by atoms with van der Waals surface area (Å²) in [4.78, 5) is 12.4. The second-order valence-electron chi connectivity index (χ2n) is 4.69. The summed E-state index contributed by atoms with van der Waals surface area (Å²) in [6, 6.07) is 0. The van der Waals surface area contributed by atoms with Gasteiger partial charge in [0.2, 0.25) is 0 Å². The number of hydrogen-bond acceptors (Lipinski definition) is 4. The van der Waals surface area contributed by atoms with Gasteiger partial charge in [0.25, 0.3) is 5.91 Å². The molecule has 0 radical (unpaired) electrons. The molecule has 6 heteroatoms. The summed E-state index contributed by atoms with van der Waals surface area (Å²) in [6.07, 6.45) is 0. The summed E-state index contributed by atoms with van der Waals surface area (Å²) in [6.45, 7) is 8.29. The number of carbonyl (C=O) groups excluding carboxylic acids is 1. The highest BCUT2D eigenvalue weighted by Gasteiger charge is 2.26. The third-order valence-electron chi connectivity index (χ3n) is 1.95. The van der Waals surface area contributed by atoms with Crippen LogP contribution in [0.25, 0.3) is 0 Å². The Labute approximate surface area is 105 Å². The molecule has 0 saturated heterocycles. The van der Waals surface area contributed by atoms with Crippen LogP contribution in [0.1, 0.15) is 43.1 Å². The average molecular weight is 262 g/mol. The van der Waals surface area contributed by atoms with E-state index in [9.17, 15) is 4.79 Å². The molecule has 1 unspecified atom stereocenters. The van der Waals surface area contributed by atoms with Crippen molar-refractivity contribution in [3.63, 3.8) is 0 Å². The summed E-state index contributed by atoms with van der Waals surface area (Å²) in [5.74, 6) is -0.146. The molecular formula is C10H16ClN3OS. The van der Waals surface area contributed by atoms with Gasteiger partial charge in [0.1, 0.15) is 4.88 Å². The van der Waals surface area contributed by atoms with Crippen LogP contribution < -0.4 is 5.32 Å². The van der Waals surface area contributed by atoms with E-state index in [1.165, 1.54) is 0 Å². The van der Waals surface area contributed by atoms with Crippen molar-refractivity contribution in [2.24, 2.45) is 0 Å². The zero-order chi connectivity index (χ0) is 12.3. The first-order chi connectivity index (χ1) is 7.32. The van der Waals surface area contributed by atoms with Gasteiger partial charge in [0, 0.05) is 17.3 Å². The fourth-order valence-electron chi connectivity index (χ4n) is 1.14. The Kier molecular flexibility index (Phi) is 4.27. The summed E-state index contributed by atoms with van der Waals surface area (Å²) in [7, 11) is 0. The van der Waals surface area contributed by atoms with Crippen LogP contribution in [0.3, 0.4) is 0 Å². The van der Waals surface area contributed by atoms with Gasteiger partial charge in [-0.2, -0.15) is 0 Å². The topological polar surface area (TPSA) is 54.9 Å². The van der Waals surface area contributed by atoms with Gasteiger partial charge < -0.3 is 5.32 Å². The molecule has 1 atom stereocenters. The second kappa shape index (κ2) is 5.10. The fourth-order valence-corrected chi connectivity index (χ4v) is 2.01. The molecule has 0 aliphatic rings. The van der Waals surface area contributed by atoms with E-state index in [0.29, 0.717) is 11.4 Å². The Morgan fingerprint density at radius 1 is 1.56 bits per heavy atom. The normalized spacial score (nSPS) is 13.6. The predicted molar refractivity (Wildman–Crippen MR) is 66.3 cm³/mol. The molecule has 0 aliphatic carbocycles. The second-order valence-corrected chi connectivity index (χ2v) is 6.19. The lowest BCUT2D eigenvalue weighted by atomic mass is 9.91. The van der Waals surface area contributed by atoms with Gasteiger partial charge in [0.05, 0.1) is 5.69 Å². The summed E-state index contributed by atoms with van der Waals surface area (Å²) in [5, 5.41) is 6.69.